The first-order chi connectivity index (χ1) is 11.0. The van der Waals surface area contributed by atoms with Crippen LogP contribution in [0.2, 0.25) is 5.02 Å². The second-order valence-corrected chi connectivity index (χ2v) is 6.49. The number of rotatable bonds is 3. The molecule has 0 spiro atoms. The summed E-state index contributed by atoms with van der Waals surface area (Å²) in [5.74, 6) is -0.630. The summed E-state index contributed by atoms with van der Waals surface area (Å²) >= 11 is 5.94. The van der Waals surface area contributed by atoms with Crippen LogP contribution in [0.1, 0.15) is 19.3 Å². The van der Waals surface area contributed by atoms with Crippen LogP contribution in [0.4, 0.5) is 5.69 Å². The highest BCUT2D eigenvalue weighted by Gasteiger charge is 2.43. The van der Waals surface area contributed by atoms with E-state index in [0.717, 1.165) is 0 Å². The van der Waals surface area contributed by atoms with Gasteiger partial charge in [0.15, 0.2) is 6.29 Å². The maximum Gasteiger partial charge on any atom is 0.251 e. The first kappa shape index (κ1) is 16.4. The van der Waals surface area contributed by atoms with Gasteiger partial charge in [-0.3, -0.25) is 14.5 Å². The van der Waals surface area contributed by atoms with Gasteiger partial charge < -0.3 is 10.2 Å². The molecule has 0 aromatic heterocycles. The molecule has 1 aromatic carbocycles. The third kappa shape index (κ3) is 3.26. The Kier molecular flexibility index (Phi) is 4.68. The van der Waals surface area contributed by atoms with Crippen LogP contribution >= 0.6 is 11.6 Å². The second kappa shape index (κ2) is 6.57. The van der Waals surface area contributed by atoms with Gasteiger partial charge in [-0.15, -0.1) is 0 Å². The number of benzene rings is 1. The standard InChI is InChI=1S/C16H19ClN2O4/c17-11-2-1-3-12(8-11)19-14(20)9-13(15(19)21)18-6-4-10(5-7-18)16(22)23/h1-3,8,10,13,16,22-23H,4-7,9H2/t13-/m0/s1. The van der Waals surface area contributed by atoms with Gasteiger partial charge in [-0.25, -0.2) is 4.90 Å². The highest BCUT2D eigenvalue weighted by Crippen LogP contribution is 2.30. The van der Waals surface area contributed by atoms with Crippen LogP contribution < -0.4 is 4.90 Å². The van der Waals surface area contributed by atoms with Crippen LogP contribution in [0, 0.1) is 5.92 Å². The first-order valence-electron chi connectivity index (χ1n) is 7.70. The molecule has 1 atom stereocenters. The van der Waals surface area contributed by atoms with E-state index in [2.05, 4.69) is 0 Å². The number of likely N-dealkylation sites (tertiary alicyclic amines) is 1. The van der Waals surface area contributed by atoms with Crippen LogP contribution in [0.25, 0.3) is 0 Å². The lowest BCUT2D eigenvalue weighted by Gasteiger charge is -2.35. The molecule has 0 radical (unpaired) electrons. The van der Waals surface area contributed by atoms with Gasteiger partial charge in [-0.2, -0.15) is 0 Å². The Bertz CT molecular complexity index is 614. The fraction of sp³-hybridized carbons (Fsp3) is 0.500. The maximum atomic E-state index is 12.7. The second-order valence-electron chi connectivity index (χ2n) is 6.05. The third-order valence-electron chi connectivity index (χ3n) is 4.63. The molecule has 2 heterocycles. The number of amides is 2. The lowest BCUT2D eigenvalue weighted by atomic mass is 9.95. The van der Waals surface area contributed by atoms with Crippen molar-refractivity contribution in [1.29, 1.82) is 0 Å². The molecule has 2 aliphatic rings. The Hall–Kier alpha value is -1.47. The molecule has 0 bridgehead atoms. The van der Waals surface area contributed by atoms with Crippen molar-refractivity contribution in [3.8, 4) is 0 Å². The molecule has 6 nitrogen and oxygen atoms in total. The number of anilines is 1. The van der Waals surface area contributed by atoms with Gasteiger partial charge in [0.05, 0.1) is 18.2 Å². The Labute approximate surface area is 139 Å². The van der Waals surface area contributed by atoms with Gasteiger partial charge in [-0.1, -0.05) is 17.7 Å². The van der Waals surface area contributed by atoms with E-state index in [0.29, 0.717) is 36.6 Å². The monoisotopic (exact) mass is 338 g/mol. The Morgan fingerprint density at radius 3 is 2.48 bits per heavy atom. The van der Waals surface area contributed by atoms with Crippen molar-refractivity contribution in [3.05, 3.63) is 29.3 Å². The number of hydrogen-bond donors (Lipinski definition) is 2. The molecule has 0 saturated carbocycles. The molecule has 1 aromatic rings. The molecule has 3 rings (SSSR count). The quantitative estimate of drug-likeness (QED) is 0.634. The Morgan fingerprint density at radius 1 is 1.17 bits per heavy atom. The van der Waals surface area contributed by atoms with Crippen LogP contribution in [0.5, 0.6) is 0 Å². The topological polar surface area (TPSA) is 81.1 Å². The van der Waals surface area contributed by atoms with Crippen molar-refractivity contribution in [2.45, 2.75) is 31.6 Å². The van der Waals surface area contributed by atoms with Crippen molar-refractivity contribution in [3.63, 3.8) is 0 Å². The summed E-state index contributed by atoms with van der Waals surface area (Å²) in [6, 6.07) is 6.23. The largest absolute Gasteiger partial charge is 0.368 e. The van der Waals surface area contributed by atoms with Gasteiger partial charge in [0.25, 0.3) is 5.91 Å². The van der Waals surface area contributed by atoms with E-state index in [1.54, 1.807) is 24.3 Å². The molecule has 0 unspecified atom stereocenters. The minimum atomic E-state index is -1.32. The van der Waals surface area contributed by atoms with Crippen molar-refractivity contribution in [1.82, 2.24) is 4.90 Å². The van der Waals surface area contributed by atoms with Gasteiger partial charge in [0.2, 0.25) is 5.91 Å². The van der Waals surface area contributed by atoms with Crippen molar-refractivity contribution >= 4 is 29.1 Å². The molecule has 2 saturated heterocycles. The maximum absolute atomic E-state index is 12.7. The van der Waals surface area contributed by atoms with E-state index in [1.807, 2.05) is 4.90 Å². The number of imide groups is 1. The zero-order chi connectivity index (χ0) is 16.6. The van der Waals surface area contributed by atoms with Crippen LogP contribution in [0.15, 0.2) is 24.3 Å². The molecule has 2 amide bonds. The number of carbonyl (C=O) groups is 2. The summed E-state index contributed by atoms with van der Waals surface area (Å²) in [4.78, 5) is 28.1. The van der Waals surface area contributed by atoms with Crippen molar-refractivity contribution < 1.29 is 19.8 Å². The van der Waals surface area contributed by atoms with E-state index in [1.165, 1.54) is 4.90 Å². The number of halogens is 1. The third-order valence-corrected chi connectivity index (χ3v) is 4.86. The molecule has 23 heavy (non-hydrogen) atoms. The summed E-state index contributed by atoms with van der Waals surface area (Å²) in [7, 11) is 0. The SMILES string of the molecule is O=C1C[C@H](N2CCC(C(O)O)CC2)C(=O)N1c1cccc(Cl)c1. The molecule has 124 valence electrons. The van der Waals surface area contributed by atoms with Crippen LogP contribution in [0.3, 0.4) is 0 Å². The molecule has 0 aliphatic carbocycles. The number of hydrogen-bond acceptors (Lipinski definition) is 5. The number of piperidine rings is 1. The molecule has 2 N–H and O–H groups in total. The van der Waals surface area contributed by atoms with E-state index >= 15 is 0 Å². The fourth-order valence-electron chi connectivity index (χ4n) is 3.32. The van der Waals surface area contributed by atoms with Gasteiger partial charge in [0, 0.05) is 10.9 Å². The van der Waals surface area contributed by atoms with Gasteiger partial charge >= 0.3 is 0 Å². The number of aliphatic hydroxyl groups excluding tert-OH is 1. The summed E-state index contributed by atoms with van der Waals surface area (Å²) in [6.07, 6.45) is 0.0399. The number of nitrogens with zero attached hydrogens (tertiary/aromatic N) is 2. The normalized spacial score (nSPS) is 24.0. The average Bonchev–Trinajstić information content (AvgIpc) is 2.82. The van der Waals surface area contributed by atoms with Crippen LogP contribution in [-0.4, -0.2) is 52.3 Å². The van der Waals surface area contributed by atoms with Crippen LogP contribution in [-0.2, 0) is 9.59 Å². The predicted octanol–water partition coefficient (Wildman–Crippen LogP) is 0.995. The number of aliphatic hydroxyl groups is 2. The highest BCUT2D eigenvalue weighted by atomic mass is 35.5. The smallest absolute Gasteiger partial charge is 0.251 e. The Balaban J connectivity index is 1.72. The summed E-state index contributed by atoms with van der Waals surface area (Å²) < 4.78 is 0. The molecule has 2 aliphatic heterocycles. The lowest BCUT2D eigenvalue weighted by Crippen LogP contribution is -2.47. The number of carbonyl (C=O) groups excluding carboxylic acids is 2. The minimum Gasteiger partial charge on any atom is -0.368 e. The summed E-state index contributed by atoms with van der Waals surface area (Å²) in [6.45, 7) is 1.16. The van der Waals surface area contributed by atoms with E-state index in [4.69, 9.17) is 11.6 Å². The summed E-state index contributed by atoms with van der Waals surface area (Å²) in [5.41, 5.74) is 0.496. The average molecular weight is 339 g/mol. The van der Waals surface area contributed by atoms with E-state index in [-0.39, 0.29) is 24.2 Å². The lowest BCUT2D eigenvalue weighted by molar-refractivity contribution is -0.124. The molecule has 2 fully saturated rings. The molecular weight excluding hydrogens is 320 g/mol. The molecular formula is C16H19ClN2O4. The van der Waals surface area contributed by atoms with Gasteiger partial charge in [-0.05, 0) is 44.1 Å². The fourth-order valence-corrected chi connectivity index (χ4v) is 3.50. The molecule has 7 heteroatoms. The predicted molar refractivity (Wildman–Crippen MR) is 84.9 cm³/mol. The highest BCUT2D eigenvalue weighted by molar-refractivity contribution is 6.31. The zero-order valence-corrected chi connectivity index (χ0v) is 13.3. The Morgan fingerprint density at radius 2 is 1.87 bits per heavy atom. The van der Waals surface area contributed by atoms with Gasteiger partial charge in [0.1, 0.15) is 0 Å². The van der Waals surface area contributed by atoms with Crippen molar-refractivity contribution in [2.24, 2.45) is 5.92 Å². The zero-order valence-electron chi connectivity index (χ0n) is 12.6. The first-order valence-corrected chi connectivity index (χ1v) is 8.07. The minimum absolute atomic E-state index is 0.150. The van der Waals surface area contributed by atoms with Crippen molar-refractivity contribution in [2.75, 3.05) is 18.0 Å². The van der Waals surface area contributed by atoms with E-state index < -0.39 is 12.3 Å². The van der Waals surface area contributed by atoms with E-state index in [9.17, 15) is 19.8 Å². The summed E-state index contributed by atoms with van der Waals surface area (Å²) in [5, 5.41) is 18.9.